The fourth-order valence-electron chi connectivity index (χ4n) is 7.74. The van der Waals surface area contributed by atoms with Gasteiger partial charge in [-0.25, -0.2) is 0 Å². The van der Waals surface area contributed by atoms with Gasteiger partial charge in [-0.15, -0.1) is 0 Å². The lowest BCUT2D eigenvalue weighted by Gasteiger charge is -2.36. The highest BCUT2D eigenvalue weighted by molar-refractivity contribution is 9.10. The van der Waals surface area contributed by atoms with Gasteiger partial charge in [0.1, 0.15) is 0 Å². The minimum atomic E-state index is -0.485. The number of hydrogen-bond acceptors (Lipinski definition) is 0. The van der Waals surface area contributed by atoms with Crippen molar-refractivity contribution in [1.82, 2.24) is 0 Å². The van der Waals surface area contributed by atoms with Crippen LogP contribution in [0.15, 0.2) is 144 Å². The maximum Gasteiger partial charge on any atom is 0.0731 e. The molecular weight excluding hydrogens is 548 g/mol. The Morgan fingerprint density at radius 2 is 0.850 bits per heavy atom. The van der Waals surface area contributed by atoms with Crippen molar-refractivity contribution in [1.29, 1.82) is 0 Å². The maximum absolute atomic E-state index is 3.84. The van der Waals surface area contributed by atoms with Gasteiger partial charge in [0.25, 0.3) is 0 Å². The Labute approximate surface area is 241 Å². The predicted molar refractivity (Wildman–Crippen MR) is 171 cm³/mol. The van der Waals surface area contributed by atoms with Gasteiger partial charge in [0.15, 0.2) is 0 Å². The lowest BCUT2D eigenvalue weighted by atomic mass is 9.65. The van der Waals surface area contributed by atoms with Crippen LogP contribution < -0.4 is 0 Å². The normalized spacial score (nSPS) is 16.2. The molecular formula is C39H23Br. The van der Waals surface area contributed by atoms with Crippen molar-refractivity contribution in [2.75, 3.05) is 0 Å². The van der Waals surface area contributed by atoms with Gasteiger partial charge in [0.2, 0.25) is 0 Å². The van der Waals surface area contributed by atoms with E-state index in [0.29, 0.717) is 0 Å². The van der Waals surface area contributed by atoms with E-state index in [9.17, 15) is 0 Å². The van der Waals surface area contributed by atoms with Crippen LogP contribution in [0.4, 0.5) is 0 Å². The standard InChI is InChI=1S/C39H23Br/c40-24-21-22-36-33(23-24)28-14-2-1-11-25(28)29-15-7-9-19-34(29)39(36)35-20-10-8-18-32(35)37-30-16-5-3-12-26(30)27-13-4-6-17-31(27)38(37)39/h1-23H. The molecule has 0 aromatic heterocycles. The van der Waals surface area contributed by atoms with Gasteiger partial charge in [-0.05, 0) is 89.3 Å². The van der Waals surface area contributed by atoms with Crippen LogP contribution in [0.2, 0.25) is 0 Å². The largest absolute Gasteiger partial charge is 0.0731 e. The highest BCUT2D eigenvalue weighted by atomic mass is 79.9. The monoisotopic (exact) mass is 570 g/mol. The molecule has 1 heteroatoms. The van der Waals surface area contributed by atoms with Crippen molar-refractivity contribution < 1.29 is 0 Å². The van der Waals surface area contributed by atoms with E-state index in [4.69, 9.17) is 0 Å². The molecule has 1 atom stereocenters. The minimum Gasteiger partial charge on any atom is -0.0619 e. The molecule has 2 aliphatic carbocycles. The Morgan fingerprint density at radius 3 is 1.57 bits per heavy atom. The quantitative estimate of drug-likeness (QED) is 0.159. The van der Waals surface area contributed by atoms with Crippen LogP contribution in [0.3, 0.4) is 0 Å². The SMILES string of the molecule is Brc1ccc2c(c1)-c1ccccc1-c1ccccc1C21c2ccccc2-c2c1c1ccccc1c1ccccc21. The average molecular weight is 572 g/mol. The molecule has 0 saturated carbocycles. The van der Waals surface area contributed by atoms with Gasteiger partial charge in [0, 0.05) is 4.47 Å². The molecule has 0 bridgehead atoms. The van der Waals surface area contributed by atoms with E-state index in [1.54, 1.807) is 0 Å². The van der Waals surface area contributed by atoms with Gasteiger partial charge in [-0.1, -0.05) is 143 Å². The van der Waals surface area contributed by atoms with Crippen LogP contribution in [0, 0.1) is 0 Å². The predicted octanol–water partition coefficient (Wildman–Crippen LogP) is 10.8. The zero-order valence-electron chi connectivity index (χ0n) is 21.7. The summed E-state index contributed by atoms with van der Waals surface area (Å²) < 4.78 is 1.09. The third-order valence-corrected chi connectivity index (χ3v) is 9.63. The molecule has 0 heterocycles. The van der Waals surface area contributed by atoms with Gasteiger partial charge in [-0.2, -0.15) is 0 Å². The van der Waals surface area contributed by atoms with E-state index in [1.807, 2.05) is 0 Å². The molecule has 40 heavy (non-hydrogen) atoms. The summed E-state index contributed by atoms with van der Waals surface area (Å²) in [6, 6.07) is 52.0. The molecule has 186 valence electrons. The summed E-state index contributed by atoms with van der Waals surface area (Å²) in [4.78, 5) is 0. The van der Waals surface area contributed by atoms with E-state index >= 15 is 0 Å². The Bertz CT molecular complexity index is 2190. The first-order valence-corrected chi connectivity index (χ1v) is 14.6. The fourth-order valence-corrected chi connectivity index (χ4v) is 8.10. The van der Waals surface area contributed by atoms with Crippen molar-refractivity contribution >= 4 is 37.5 Å². The molecule has 7 aromatic rings. The highest BCUT2D eigenvalue weighted by Crippen LogP contribution is 2.64. The zero-order chi connectivity index (χ0) is 26.4. The molecule has 1 unspecified atom stereocenters. The van der Waals surface area contributed by atoms with Gasteiger partial charge in [-0.3, -0.25) is 0 Å². The first kappa shape index (κ1) is 22.4. The fraction of sp³-hybridized carbons (Fsp3) is 0.0256. The highest BCUT2D eigenvalue weighted by Gasteiger charge is 2.51. The van der Waals surface area contributed by atoms with Crippen LogP contribution in [-0.4, -0.2) is 0 Å². The van der Waals surface area contributed by atoms with Gasteiger partial charge in [0.05, 0.1) is 5.41 Å². The van der Waals surface area contributed by atoms with E-state index in [2.05, 4.69) is 155 Å². The number of rotatable bonds is 0. The summed E-state index contributed by atoms with van der Waals surface area (Å²) in [7, 11) is 0. The van der Waals surface area contributed by atoms with Crippen molar-refractivity contribution in [3.8, 4) is 33.4 Å². The number of halogens is 1. The number of benzene rings is 7. The maximum atomic E-state index is 3.84. The molecule has 0 radical (unpaired) electrons. The second-order valence-corrected chi connectivity index (χ2v) is 11.8. The average Bonchev–Trinajstić information content (AvgIpc) is 3.28. The summed E-state index contributed by atoms with van der Waals surface area (Å²) in [6.45, 7) is 0. The van der Waals surface area contributed by atoms with Crippen LogP contribution in [0.25, 0.3) is 54.9 Å². The van der Waals surface area contributed by atoms with E-state index in [-0.39, 0.29) is 0 Å². The first-order chi connectivity index (χ1) is 19.8. The van der Waals surface area contributed by atoms with E-state index in [0.717, 1.165) is 4.47 Å². The molecule has 1 spiro atoms. The topological polar surface area (TPSA) is 0 Å². The van der Waals surface area contributed by atoms with Crippen molar-refractivity contribution in [2.45, 2.75) is 5.41 Å². The Balaban J connectivity index is 1.63. The molecule has 0 nitrogen and oxygen atoms in total. The molecule has 0 amide bonds. The van der Waals surface area contributed by atoms with Crippen molar-refractivity contribution in [3.05, 3.63) is 166 Å². The third kappa shape index (κ3) is 2.66. The number of hydrogen-bond donors (Lipinski definition) is 0. The third-order valence-electron chi connectivity index (χ3n) is 9.13. The number of fused-ring (bicyclic) bond motifs is 17. The first-order valence-electron chi connectivity index (χ1n) is 13.8. The molecule has 0 fully saturated rings. The Hall–Kier alpha value is -4.46. The molecule has 0 N–H and O–H groups in total. The van der Waals surface area contributed by atoms with Crippen molar-refractivity contribution in [2.24, 2.45) is 0 Å². The van der Waals surface area contributed by atoms with Crippen molar-refractivity contribution in [3.63, 3.8) is 0 Å². The Kier molecular flexibility index (Phi) is 4.49. The molecule has 0 saturated heterocycles. The summed E-state index contributed by atoms with van der Waals surface area (Å²) in [6.07, 6.45) is 0. The minimum absolute atomic E-state index is 0.485. The summed E-state index contributed by atoms with van der Waals surface area (Å²) in [5, 5.41) is 5.26. The smallest absolute Gasteiger partial charge is 0.0619 e. The second-order valence-electron chi connectivity index (χ2n) is 10.9. The molecule has 7 aromatic carbocycles. The summed E-state index contributed by atoms with van der Waals surface area (Å²) >= 11 is 3.84. The van der Waals surface area contributed by atoms with E-state index in [1.165, 1.54) is 77.2 Å². The summed E-state index contributed by atoms with van der Waals surface area (Å²) in [5.41, 5.74) is 12.8. The van der Waals surface area contributed by atoms with Gasteiger partial charge >= 0.3 is 0 Å². The lowest BCUT2D eigenvalue weighted by molar-refractivity contribution is 0.782. The van der Waals surface area contributed by atoms with Crippen LogP contribution >= 0.6 is 15.9 Å². The lowest BCUT2D eigenvalue weighted by Crippen LogP contribution is -2.29. The van der Waals surface area contributed by atoms with Gasteiger partial charge < -0.3 is 0 Å². The van der Waals surface area contributed by atoms with Crippen LogP contribution in [-0.2, 0) is 5.41 Å². The summed E-state index contributed by atoms with van der Waals surface area (Å²) in [5.74, 6) is 0. The van der Waals surface area contributed by atoms with Crippen LogP contribution in [0.1, 0.15) is 22.3 Å². The molecule has 9 rings (SSSR count). The van der Waals surface area contributed by atoms with Crippen LogP contribution in [0.5, 0.6) is 0 Å². The van der Waals surface area contributed by atoms with E-state index < -0.39 is 5.41 Å². The molecule has 0 aliphatic heterocycles. The zero-order valence-corrected chi connectivity index (χ0v) is 23.2. The second kappa shape index (κ2) is 8.03. The molecule has 2 aliphatic rings. The Morgan fingerprint density at radius 1 is 0.375 bits per heavy atom.